The first kappa shape index (κ1) is 15.2. The molecule has 1 aromatic rings. The van der Waals surface area contributed by atoms with Crippen LogP contribution in [0, 0.1) is 5.82 Å². The van der Waals surface area contributed by atoms with Crippen molar-refractivity contribution in [2.45, 2.75) is 6.42 Å². The number of hydrogen-bond acceptors (Lipinski definition) is 4. The number of methoxy groups -OCH3 is 2. The Bertz CT molecular complexity index is 507. The molecule has 0 heterocycles. The minimum Gasteiger partial charge on any atom is -0.465 e. The molecule has 0 spiro atoms. The smallest absolute Gasteiger partial charge is 0.344 e. The van der Waals surface area contributed by atoms with Gasteiger partial charge >= 0.3 is 11.9 Å². The molecule has 0 aromatic heterocycles. The molecule has 0 atom stereocenters. The highest BCUT2D eigenvalue weighted by Gasteiger charge is 2.19. The summed E-state index contributed by atoms with van der Waals surface area (Å²) in [6, 6.07) is 4.13. The number of halogens is 2. The SMILES string of the molecule is COC(=O)C(=CCc1ccc(F)c(Cl)c1)C(=O)OC. The highest BCUT2D eigenvalue weighted by Crippen LogP contribution is 2.17. The molecule has 0 amide bonds. The summed E-state index contributed by atoms with van der Waals surface area (Å²) >= 11 is 5.63. The van der Waals surface area contributed by atoms with E-state index in [0.29, 0.717) is 5.56 Å². The van der Waals surface area contributed by atoms with Gasteiger partial charge in [-0.2, -0.15) is 0 Å². The van der Waals surface area contributed by atoms with E-state index in [4.69, 9.17) is 11.6 Å². The van der Waals surface area contributed by atoms with E-state index in [1.54, 1.807) is 0 Å². The molecule has 0 bridgehead atoms. The van der Waals surface area contributed by atoms with Gasteiger partial charge in [-0.15, -0.1) is 0 Å². The Kier molecular flexibility index (Phi) is 5.51. The first-order valence-corrected chi connectivity index (χ1v) is 5.68. The maximum absolute atomic E-state index is 13.0. The van der Waals surface area contributed by atoms with Gasteiger partial charge in [0.15, 0.2) is 0 Å². The third kappa shape index (κ3) is 4.06. The summed E-state index contributed by atoms with van der Waals surface area (Å²) in [7, 11) is 2.32. The second-order valence-corrected chi connectivity index (χ2v) is 3.96. The van der Waals surface area contributed by atoms with Gasteiger partial charge in [-0.1, -0.05) is 23.7 Å². The zero-order valence-corrected chi connectivity index (χ0v) is 11.2. The van der Waals surface area contributed by atoms with E-state index < -0.39 is 17.8 Å². The number of benzene rings is 1. The van der Waals surface area contributed by atoms with Crippen molar-refractivity contribution < 1.29 is 23.5 Å². The van der Waals surface area contributed by atoms with E-state index >= 15 is 0 Å². The number of hydrogen-bond donors (Lipinski definition) is 0. The van der Waals surface area contributed by atoms with E-state index in [1.807, 2.05) is 0 Å². The molecule has 6 heteroatoms. The third-order valence-corrected chi connectivity index (χ3v) is 2.63. The maximum Gasteiger partial charge on any atom is 0.344 e. The van der Waals surface area contributed by atoms with Crippen LogP contribution in [0.2, 0.25) is 5.02 Å². The summed E-state index contributed by atoms with van der Waals surface area (Å²) in [5, 5.41) is -0.0245. The van der Waals surface area contributed by atoms with Gasteiger partial charge in [-0.3, -0.25) is 0 Å². The van der Waals surface area contributed by atoms with Crippen LogP contribution in [0.15, 0.2) is 29.8 Å². The molecule has 0 aliphatic heterocycles. The fraction of sp³-hybridized carbons (Fsp3) is 0.231. The molecule has 0 aliphatic carbocycles. The highest BCUT2D eigenvalue weighted by atomic mass is 35.5. The van der Waals surface area contributed by atoms with Crippen LogP contribution in [0.25, 0.3) is 0 Å². The Morgan fingerprint density at radius 1 is 1.26 bits per heavy atom. The number of rotatable bonds is 4. The number of carbonyl (C=O) groups excluding carboxylic acids is 2. The molecule has 19 heavy (non-hydrogen) atoms. The summed E-state index contributed by atoms with van der Waals surface area (Å²) in [5.41, 5.74) is 0.433. The van der Waals surface area contributed by atoms with Crippen molar-refractivity contribution in [1.29, 1.82) is 0 Å². The van der Waals surface area contributed by atoms with Crippen LogP contribution in [-0.2, 0) is 25.5 Å². The third-order valence-electron chi connectivity index (χ3n) is 2.34. The lowest BCUT2D eigenvalue weighted by Crippen LogP contribution is -2.16. The molecule has 102 valence electrons. The van der Waals surface area contributed by atoms with Crippen molar-refractivity contribution in [3.05, 3.63) is 46.3 Å². The fourth-order valence-electron chi connectivity index (χ4n) is 1.36. The van der Waals surface area contributed by atoms with E-state index in [9.17, 15) is 14.0 Å². The average molecular weight is 287 g/mol. The largest absolute Gasteiger partial charge is 0.465 e. The zero-order chi connectivity index (χ0) is 14.4. The lowest BCUT2D eigenvalue weighted by atomic mass is 10.1. The van der Waals surface area contributed by atoms with Crippen LogP contribution in [0.1, 0.15) is 5.56 Å². The van der Waals surface area contributed by atoms with E-state index in [-0.39, 0.29) is 17.0 Å². The summed E-state index contributed by atoms with van der Waals surface area (Å²) in [5.74, 6) is -2.12. The van der Waals surface area contributed by atoms with Crippen LogP contribution in [0.4, 0.5) is 4.39 Å². The van der Waals surface area contributed by atoms with Crippen molar-refractivity contribution in [1.82, 2.24) is 0 Å². The van der Waals surface area contributed by atoms with Crippen LogP contribution in [0.5, 0.6) is 0 Å². The highest BCUT2D eigenvalue weighted by molar-refractivity contribution is 6.30. The predicted octanol–water partition coefficient (Wildman–Crippen LogP) is 2.29. The number of ether oxygens (including phenoxy) is 2. The first-order chi connectivity index (χ1) is 8.99. The van der Waals surface area contributed by atoms with Gasteiger partial charge in [0.2, 0.25) is 0 Å². The summed E-state index contributed by atoms with van der Waals surface area (Å²) in [6.45, 7) is 0. The number of carbonyl (C=O) groups is 2. The Labute approximate surface area is 114 Å². The van der Waals surface area contributed by atoms with Crippen LogP contribution >= 0.6 is 11.6 Å². The van der Waals surface area contributed by atoms with Gasteiger partial charge in [0, 0.05) is 0 Å². The second-order valence-electron chi connectivity index (χ2n) is 3.55. The Balaban J connectivity index is 2.94. The zero-order valence-electron chi connectivity index (χ0n) is 10.4. The van der Waals surface area contributed by atoms with Crippen molar-refractivity contribution in [3.63, 3.8) is 0 Å². The summed E-state index contributed by atoms with van der Waals surface area (Å²) in [4.78, 5) is 22.8. The standard InChI is InChI=1S/C13H12ClFO4/c1-18-12(16)9(13(17)19-2)5-3-8-4-6-11(15)10(14)7-8/h4-7H,3H2,1-2H3. The van der Waals surface area contributed by atoms with Crippen molar-refractivity contribution in [2.75, 3.05) is 14.2 Å². The average Bonchev–Trinajstić information content (AvgIpc) is 2.42. The molecule has 0 aliphatic rings. The Morgan fingerprint density at radius 3 is 2.32 bits per heavy atom. The van der Waals surface area contributed by atoms with Crippen LogP contribution < -0.4 is 0 Å². The molecule has 0 saturated carbocycles. The Hall–Kier alpha value is -1.88. The Morgan fingerprint density at radius 2 is 1.84 bits per heavy atom. The minimum atomic E-state index is -0.792. The monoisotopic (exact) mass is 286 g/mol. The minimum absolute atomic E-state index is 0.0245. The molecular formula is C13H12ClFO4. The molecule has 0 saturated heterocycles. The second kappa shape index (κ2) is 6.89. The van der Waals surface area contributed by atoms with E-state index in [1.165, 1.54) is 24.3 Å². The van der Waals surface area contributed by atoms with Gasteiger partial charge in [0.05, 0.1) is 19.2 Å². The van der Waals surface area contributed by atoms with E-state index in [0.717, 1.165) is 14.2 Å². The van der Waals surface area contributed by atoms with Crippen molar-refractivity contribution in [3.8, 4) is 0 Å². The maximum atomic E-state index is 13.0. The first-order valence-electron chi connectivity index (χ1n) is 5.30. The number of esters is 2. The quantitative estimate of drug-likeness (QED) is 0.369. The summed E-state index contributed by atoms with van der Waals surface area (Å²) < 4.78 is 21.9. The van der Waals surface area contributed by atoms with E-state index in [2.05, 4.69) is 9.47 Å². The van der Waals surface area contributed by atoms with Crippen molar-refractivity contribution in [2.24, 2.45) is 0 Å². The molecule has 0 fully saturated rings. The normalized spacial score (nSPS) is 9.68. The molecule has 1 rings (SSSR count). The fourth-order valence-corrected chi connectivity index (χ4v) is 1.56. The lowest BCUT2D eigenvalue weighted by molar-refractivity contribution is -0.144. The molecule has 0 N–H and O–H groups in total. The van der Waals surface area contributed by atoms with Gasteiger partial charge < -0.3 is 9.47 Å². The molecule has 0 unspecified atom stereocenters. The molecule has 0 radical (unpaired) electrons. The van der Waals surface area contributed by atoms with Crippen LogP contribution in [-0.4, -0.2) is 26.2 Å². The molecule has 4 nitrogen and oxygen atoms in total. The molecule has 1 aromatic carbocycles. The summed E-state index contributed by atoms with van der Waals surface area (Å²) in [6.07, 6.45) is 1.57. The van der Waals surface area contributed by atoms with Gasteiger partial charge in [0.1, 0.15) is 11.4 Å². The number of allylic oxidation sites excluding steroid dienone is 1. The van der Waals surface area contributed by atoms with Gasteiger partial charge in [-0.25, -0.2) is 14.0 Å². The van der Waals surface area contributed by atoms with Crippen LogP contribution in [0.3, 0.4) is 0 Å². The topological polar surface area (TPSA) is 52.6 Å². The molecular weight excluding hydrogens is 275 g/mol. The van der Waals surface area contributed by atoms with Gasteiger partial charge in [0.25, 0.3) is 0 Å². The predicted molar refractivity (Wildman–Crippen MR) is 67.2 cm³/mol. The van der Waals surface area contributed by atoms with Crippen molar-refractivity contribution >= 4 is 23.5 Å². The lowest BCUT2D eigenvalue weighted by Gasteiger charge is -2.04. The van der Waals surface area contributed by atoms with Gasteiger partial charge in [-0.05, 0) is 24.1 Å².